The molecule has 1 aromatic carbocycles. The maximum Gasteiger partial charge on any atom is 0.141 e. The van der Waals surface area contributed by atoms with Gasteiger partial charge in [0.2, 0.25) is 0 Å². The number of nitrogens with one attached hydrogen (secondary N) is 1. The summed E-state index contributed by atoms with van der Waals surface area (Å²) in [6.07, 6.45) is 1.89. The van der Waals surface area contributed by atoms with Gasteiger partial charge in [-0.3, -0.25) is 4.98 Å². The third-order valence-corrected chi connectivity index (χ3v) is 3.58. The second-order valence-electron chi connectivity index (χ2n) is 4.45. The normalized spacial score (nSPS) is 12.4. The van der Waals surface area contributed by atoms with Crippen molar-refractivity contribution < 1.29 is 4.39 Å². The van der Waals surface area contributed by atoms with Crippen LogP contribution in [-0.2, 0) is 6.42 Å². The molecule has 0 aliphatic carbocycles. The summed E-state index contributed by atoms with van der Waals surface area (Å²) in [6.45, 7) is 2.80. The maximum absolute atomic E-state index is 13.0. The van der Waals surface area contributed by atoms with E-state index in [1.54, 1.807) is 12.1 Å². The molecular formula is C15H15Cl2FN2. The van der Waals surface area contributed by atoms with Gasteiger partial charge in [0, 0.05) is 10.0 Å². The number of halogens is 3. The van der Waals surface area contributed by atoms with Crippen molar-refractivity contribution in [3.05, 3.63) is 63.6 Å². The fourth-order valence-corrected chi connectivity index (χ4v) is 2.51. The molecule has 106 valence electrons. The van der Waals surface area contributed by atoms with Crippen LogP contribution in [0, 0.1) is 5.82 Å². The first kappa shape index (κ1) is 15.2. The van der Waals surface area contributed by atoms with E-state index in [-0.39, 0.29) is 11.9 Å². The van der Waals surface area contributed by atoms with Gasteiger partial charge in [-0.15, -0.1) is 0 Å². The lowest BCUT2D eigenvalue weighted by atomic mass is 10.0. The highest BCUT2D eigenvalue weighted by molar-refractivity contribution is 6.35. The molecule has 1 atom stereocenters. The number of likely N-dealkylation sites (N-methyl/N-ethyl adjacent to an activating group) is 1. The van der Waals surface area contributed by atoms with Crippen LogP contribution < -0.4 is 5.32 Å². The molecule has 0 saturated heterocycles. The average molecular weight is 313 g/mol. The summed E-state index contributed by atoms with van der Waals surface area (Å²) in [6, 6.07) is 8.52. The smallest absolute Gasteiger partial charge is 0.141 e. The highest BCUT2D eigenvalue weighted by Crippen LogP contribution is 2.25. The Hall–Kier alpha value is -1.16. The Morgan fingerprint density at radius 1 is 1.25 bits per heavy atom. The van der Waals surface area contributed by atoms with Crippen molar-refractivity contribution in [1.29, 1.82) is 0 Å². The lowest BCUT2D eigenvalue weighted by Crippen LogP contribution is -2.24. The number of aromatic nitrogens is 1. The van der Waals surface area contributed by atoms with E-state index in [1.165, 1.54) is 12.3 Å². The van der Waals surface area contributed by atoms with Crippen molar-refractivity contribution in [3.63, 3.8) is 0 Å². The van der Waals surface area contributed by atoms with Gasteiger partial charge in [-0.2, -0.15) is 0 Å². The molecule has 20 heavy (non-hydrogen) atoms. The third kappa shape index (κ3) is 3.92. The molecular weight excluding hydrogens is 298 g/mol. The van der Waals surface area contributed by atoms with E-state index >= 15 is 0 Å². The van der Waals surface area contributed by atoms with E-state index < -0.39 is 0 Å². The van der Waals surface area contributed by atoms with E-state index in [0.717, 1.165) is 17.8 Å². The van der Waals surface area contributed by atoms with E-state index in [1.807, 2.05) is 19.1 Å². The maximum atomic E-state index is 13.0. The minimum Gasteiger partial charge on any atom is -0.309 e. The molecule has 1 unspecified atom stereocenters. The van der Waals surface area contributed by atoms with Gasteiger partial charge in [-0.1, -0.05) is 36.2 Å². The van der Waals surface area contributed by atoms with E-state index in [0.29, 0.717) is 16.5 Å². The molecule has 0 amide bonds. The van der Waals surface area contributed by atoms with Crippen LogP contribution in [0.25, 0.3) is 0 Å². The predicted molar refractivity (Wildman–Crippen MR) is 80.8 cm³/mol. The Morgan fingerprint density at radius 3 is 2.65 bits per heavy atom. The molecule has 1 aromatic heterocycles. The molecule has 2 rings (SSSR count). The quantitative estimate of drug-likeness (QED) is 0.884. The first-order valence-electron chi connectivity index (χ1n) is 6.39. The van der Waals surface area contributed by atoms with Crippen molar-refractivity contribution in [2.24, 2.45) is 0 Å². The molecule has 0 aliphatic heterocycles. The lowest BCUT2D eigenvalue weighted by Gasteiger charge is -2.18. The van der Waals surface area contributed by atoms with Crippen LogP contribution >= 0.6 is 23.2 Å². The summed E-state index contributed by atoms with van der Waals surface area (Å²) in [4.78, 5) is 4.13. The Kier molecular flexibility index (Phi) is 5.35. The van der Waals surface area contributed by atoms with Crippen LogP contribution in [0.15, 0.2) is 36.5 Å². The summed E-state index contributed by atoms with van der Waals surface area (Å²) < 4.78 is 13.0. The Balaban J connectivity index is 2.22. The average Bonchev–Trinajstić information content (AvgIpc) is 2.42. The van der Waals surface area contributed by atoms with Crippen LogP contribution in [-0.4, -0.2) is 11.5 Å². The van der Waals surface area contributed by atoms with Gasteiger partial charge in [0.1, 0.15) is 5.82 Å². The zero-order chi connectivity index (χ0) is 14.5. The van der Waals surface area contributed by atoms with Crippen LogP contribution in [0.4, 0.5) is 4.39 Å². The number of hydrogen-bond acceptors (Lipinski definition) is 2. The number of rotatable bonds is 5. The molecule has 2 nitrogen and oxygen atoms in total. The van der Waals surface area contributed by atoms with Gasteiger partial charge in [-0.25, -0.2) is 4.39 Å². The standard InChI is InChI=1S/C15H15Cl2FN2/c1-2-19-15(14-6-5-12(18)9-20-14)7-10-3-4-11(16)8-13(10)17/h3-6,8-9,15,19H,2,7H2,1H3. The van der Waals surface area contributed by atoms with Gasteiger partial charge in [0.25, 0.3) is 0 Å². The molecule has 1 heterocycles. The topological polar surface area (TPSA) is 24.9 Å². The molecule has 0 saturated carbocycles. The molecule has 0 fully saturated rings. The van der Waals surface area contributed by atoms with Gasteiger partial charge >= 0.3 is 0 Å². The van der Waals surface area contributed by atoms with Gasteiger partial charge in [0.05, 0.1) is 17.9 Å². The number of pyridine rings is 1. The minimum absolute atomic E-state index is 0.0146. The first-order chi connectivity index (χ1) is 9.60. The van der Waals surface area contributed by atoms with E-state index in [9.17, 15) is 4.39 Å². The Labute approximate surface area is 127 Å². The van der Waals surface area contributed by atoms with Crippen LogP contribution in [0.2, 0.25) is 10.0 Å². The zero-order valence-electron chi connectivity index (χ0n) is 11.0. The second kappa shape index (κ2) is 7.02. The van der Waals surface area contributed by atoms with Crippen LogP contribution in [0.1, 0.15) is 24.2 Å². The minimum atomic E-state index is -0.339. The number of benzene rings is 1. The predicted octanol–water partition coefficient (Wildman–Crippen LogP) is 4.42. The van der Waals surface area contributed by atoms with Crippen LogP contribution in [0.5, 0.6) is 0 Å². The zero-order valence-corrected chi connectivity index (χ0v) is 12.5. The highest BCUT2D eigenvalue weighted by Gasteiger charge is 2.14. The summed E-state index contributed by atoms with van der Waals surface area (Å²) in [5.41, 5.74) is 1.77. The molecule has 0 aliphatic rings. The van der Waals surface area contributed by atoms with Crippen molar-refractivity contribution in [3.8, 4) is 0 Å². The lowest BCUT2D eigenvalue weighted by molar-refractivity contribution is 0.532. The van der Waals surface area contributed by atoms with Crippen molar-refractivity contribution in [1.82, 2.24) is 10.3 Å². The highest BCUT2D eigenvalue weighted by atomic mass is 35.5. The number of hydrogen-bond donors (Lipinski definition) is 1. The fourth-order valence-electron chi connectivity index (χ4n) is 2.03. The largest absolute Gasteiger partial charge is 0.309 e. The van der Waals surface area contributed by atoms with Gasteiger partial charge < -0.3 is 5.32 Å². The van der Waals surface area contributed by atoms with E-state index in [4.69, 9.17) is 23.2 Å². The fraction of sp³-hybridized carbons (Fsp3) is 0.267. The first-order valence-corrected chi connectivity index (χ1v) is 7.14. The summed E-state index contributed by atoms with van der Waals surface area (Å²) in [5.74, 6) is -0.339. The van der Waals surface area contributed by atoms with Crippen molar-refractivity contribution in [2.75, 3.05) is 6.54 Å². The van der Waals surface area contributed by atoms with Crippen molar-refractivity contribution >= 4 is 23.2 Å². The summed E-state index contributed by atoms with van der Waals surface area (Å²) in [7, 11) is 0. The molecule has 2 aromatic rings. The Bertz CT molecular complexity index is 573. The monoisotopic (exact) mass is 312 g/mol. The molecule has 0 bridgehead atoms. The van der Waals surface area contributed by atoms with Gasteiger partial charge in [-0.05, 0) is 42.8 Å². The number of nitrogens with zero attached hydrogens (tertiary/aromatic N) is 1. The SMILES string of the molecule is CCNC(Cc1ccc(Cl)cc1Cl)c1ccc(F)cn1. The van der Waals surface area contributed by atoms with Crippen LogP contribution in [0.3, 0.4) is 0 Å². The molecule has 5 heteroatoms. The van der Waals surface area contributed by atoms with E-state index in [2.05, 4.69) is 10.3 Å². The Morgan fingerprint density at radius 2 is 2.05 bits per heavy atom. The third-order valence-electron chi connectivity index (χ3n) is 3.00. The van der Waals surface area contributed by atoms with Crippen molar-refractivity contribution in [2.45, 2.75) is 19.4 Å². The summed E-state index contributed by atoms with van der Waals surface area (Å²) in [5, 5.41) is 4.57. The molecule has 0 spiro atoms. The molecule has 0 radical (unpaired) electrons. The molecule has 1 N–H and O–H groups in total. The van der Waals surface area contributed by atoms with Gasteiger partial charge in [0.15, 0.2) is 0 Å². The summed E-state index contributed by atoms with van der Waals surface area (Å²) >= 11 is 12.1. The second-order valence-corrected chi connectivity index (χ2v) is 5.30.